The number of ether oxygens (including phenoxy) is 1. The van der Waals surface area contributed by atoms with Crippen LogP contribution in [0.5, 0.6) is 5.75 Å². The van der Waals surface area contributed by atoms with Gasteiger partial charge in [0.05, 0.1) is 7.11 Å². The number of hydrogen-bond acceptors (Lipinski definition) is 3. The summed E-state index contributed by atoms with van der Waals surface area (Å²) in [7, 11) is 1.60. The number of nitrogens with one attached hydrogen (secondary N) is 3. The second-order valence-corrected chi connectivity index (χ2v) is 5.02. The number of benzene rings is 2. The Hall–Kier alpha value is -3.02. The topological polar surface area (TPSA) is 79.5 Å². The average Bonchev–Trinajstić information content (AvgIpc) is 2.50. The standard InChI is InChI=1S/C17H19N3O3/c1-11-10-15(23-3)8-9-16(11)20-17(22)19-14-6-4-13(5-7-14)18-12(2)21/h4-10H,1-3H3,(H,18,21)(H2,19,20,22). The quantitative estimate of drug-likeness (QED) is 0.806. The van der Waals surface area contributed by atoms with Gasteiger partial charge in [-0.15, -0.1) is 0 Å². The summed E-state index contributed by atoms with van der Waals surface area (Å²) in [6.45, 7) is 3.33. The summed E-state index contributed by atoms with van der Waals surface area (Å²) in [6.07, 6.45) is 0. The molecule has 2 aromatic carbocycles. The van der Waals surface area contributed by atoms with Crippen LogP contribution in [0.4, 0.5) is 21.9 Å². The minimum absolute atomic E-state index is 0.140. The summed E-state index contributed by atoms with van der Waals surface area (Å²) in [6, 6.07) is 11.9. The Kier molecular flexibility index (Phi) is 5.19. The fourth-order valence-electron chi connectivity index (χ4n) is 2.03. The molecule has 23 heavy (non-hydrogen) atoms. The van der Waals surface area contributed by atoms with Gasteiger partial charge in [0.1, 0.15) is 5.75 Å². The maximum atomic E-state index is 12.0. The minimum Gasteiger partial charge on any atom is -0.497 e. The first-order valence-electron chi connectivity index (χ1n) is 7.08. The van der Waals surface area contributed by atoms with Crippen LogP contribution in [0.25, 0.3) is 0 Å². The molecule has 0 aliphatic carbocycles. The lowest BCUT2D eigenvalue weighted by molar-refractivity contribution is -0.114. The van der Waals surface area contributed by atoms with Gasteiger partial charge in [-0.25, -0.2) is 4.79 Å². The van der Waals surface area contributed by atoms with Crippen molar-refractivity contribution in [1.82, 2.24) is 0 Å². The van der Waals surface area contributed by atoms with E-state index in [9.17, 15) is 9.59 Å². The highest BCUT2D eigenvalue weighted by Crippen LogP contribution is 2.21. The third-order valence-electron chi connectivity index (χ3n) is 3.14. The summed E-state index contributed by atoms with van der Waals surface area (Å²) >= 11 is 0. The van der Waals surface area contributed by atoms with Crippen molar-refractivity contribution in [2.75, 3.05) is 23.1 Å². The highest BCUT2D eigenvalue weighted by atomic mass is 16.5. The molecule has 2 aromatic rings. The molecule has 120 valence electrons. The zero-order valence-corrected chi connectivity index (χ0v) is 13.3. The van der Waals surface area contributed by atoms with Gasteiger partial charge in [-0.2, -0.15) is 0 Å². The normalized spacial score (nSPS) is 9.87. The van der Waals surface area contributed by atoms with Gasteiger partial charge >= 0.3 is 6.03 Å². The van der Waals surface area contributed by atoms with Crippen LogP contribution in [0.3, 0.4) is 0 Å². The van der Waals surface area contributed by atoms with E-state index in [4.69, 9.17) is 4.74 Å². The van der Waals surface area contributed by atoms with Crippen molar-refractivity contribution in [3.8, 4) is 5.75 Å². The van der Waals surface area contributed by atoms with Crippen molar-refractivity contribution in [3.63, 3.8) is 0 Å². The van der Waals surface area contributed by atoms with Gasteiger partial charge in [-0.3, -0.25) is 4.79 Å². The molecule has 3 N–H and O–H groups in total. The summed E-state index contributed by atoms with van der Waals surface area (Å²) in [5.41, 5.74) is 2.91. The van der Waals surface area contributed by atoms with E-state index in [1.165, 1.54) is 6.92 Å². The molecule has 0 fully saturated rings. The van der Waals surface area contributed by atoms with Gasteiger partial charge in [-0.1, -0.05) is 0 Å². The first-order chi connectivity index (χ1) is 11.0. The van der Waals surface area contributed by atoms with Crippen molar-refractivity contribution < 1.29 is 14.3 Å². The molecule has 2 rings (SSSR count). The lowest BCUT2D eigenvalue weighted by Gasteiger charge is -2.11. The number of methoxy groups -OCH3 is 1. The molecule has 0 aliphatic rings. The highest BCUT2D eigenvalue weighted by molar-refractivity contribution is 6.00. The van der Waals surface area contributed by atoms with Gasteiger partial charge in [0.15, 0.2) is 0 Å². The molecule has 0 bridgehead atoms. The molecular formula is C17H19N3O3. The summed E-state index contributed by atoms with van der Waals surface area (Å²) < 4.78 is 5.13. The number of carbonyl (C=O) groups is 2. The molecule has 0 spiro atoms. The lowest BCUT2D eigenvalue weighted by atomic mass is 10.2. The number of amides is 3. The number of aryl methyl sites for hydroxylation is 1. The van der Waals surface area contributed by atoms with Gasteiger partial charge in [0, 0.05) is 24.0 Å². The number of rotatable bonds is 4. The average molecular weight is 313 g/mol. The van der Waals surface area contributed by atoms with Crippen LogP contribution in [-0.2, 0) is 4.79 Å². The Labute approximate surface area is 134 Å². The van der Waals surface area contributed by atoms with E-state index in [-0.39, 0.29) is 11.9 Å². The van der Waals surface area contributed by atoms with Crippen molar-refractivity contribution in [2.45, 2.75) is 13.8 Å². The Morgan fingerprint density at radius 1 is 0.913 bits per heavy atom. The fourth-order valence-corrected chi connectivity index (χ4v) is 2.03. The maximum Gasteiger partial charge on any atom is 0.323 e. The van der Waals surface area contributed by atoms with E-state index in [1.807, 2.05) is 13.0 Å². The van der Waals surface area contributed by atoms with Gasteiger partial charge in [-0.05, 0) is 55.0 Å². The molecule has 0 aromatic heterocycles. The zero-order chi connectivity index (χ0) is 16.8. The zero-order valence-electron chi connectivity index (χ0n) is 13.3. The molecule has 0 atom stereocenters. The molecule has 3 amide bonds. The van der Waals surface area contributed by atoms with Crippen LogP contribution in [0.2, 0.25) is 0 Å². The van der Waals surface area contributed by atoms with E-state index < -0.39 is 0 Å². The SMILES string of the molecule is COc1ccc(NC(=O)Nc2ccc(NC(C)=O)cc2)c(C)c1. The van der Waals surface area contributed by atoms with Gasteiger partial charge in [0.25, 0.3) is 0 Å². The van der Waals surface area contributed by atoms with Crippen LogP contribution in [0.15, 0.2) is 42.5 Å². The molecule has 0 unspecified atom stereocenters. The molecule has 0 radical (unpaired) electrons. The first kappa shape index (κ1) is 16.4. The summed E-state index contributed by atoms with van der Waals surface area (Å²) in [4.78, 5) is 23.0. The van der Waals surface area contributed by atoms with Crippen LogP contribution >= 0.6 is 0 Å². The maximum absolute atomic E-state index is 12.0. The number of carbonyl (C=O) groups excluding carboxylic acids is 2. The van der Waals surface area contributed by atoms with Crippen molar-refractivity contribution in [2.24, 2.45) is 0 Å². The largest absolute Gasteiger partial charge is 0.497 e. The summed E-state index contributed by atoms with van der Waals surface area (Å²) in [5, 5.41) is 8.18. The molecule has 0 heterocycles. The lowest BCUT2D eigenvalue weighted by Crippen LogP contribution is -2.20. The van der Waals surface area contributed by atoms with E-state index >= 15 is 0 Å². The Morgan fingerprint density at radius 2 is 1.52 bits per heavy atom. The molecular weight excluding hydrogens is 294 g/mol. The first-order valence-corrected chi connectivity index (χ1v) is 7.08. The smallest absolute Gasteiger partial charge is 0.323 e. The van der Waals surface area contributed by atoms with Gasteiger partial charge in [0.2, 0.25) is 5.91 Å². The van der Waals surface area contributed by atoms with E-state index in [0.29, 0.717) is 17.1 Å². The van der Waals surface area contributed by atoms with Crippen LogP contribution in [0, 0.1) is 6.92 Å². The fraction of sp³-hybridized carbons (Fsp3) is 0.176. The molecule has 0 aliphatic heterocycles. The number of anilines is 3. The predicted octanol–water partition coefficient (Wildman–Crippen LogP) is 3.61. The minimum atomic E-state index is -0.342. The van der Waals surface area contributed by atoms with Crippen LogP contribution in [0.1, 0.15) is 12.5 Å². The summed E-state index contributed by atoms with van der Waals surface area (Å²) in [5.74, 6) is 0.598. The van der Waals surface area contributed by atoms with E-state index in [1.54, 1.807) is 43.5 Å². The third-order valence-corrected chi connectivity index (χ3v) is 3.14. The molecule has 0 saturated heterocycles. The Balaban J connectivity index is 1.98. The second kappa shape index (κ2) is 7.31. The highest BCUT2D eigenvalue weighted by Gasteiger charge is 2.06. The predicted molar refractivity (Wildman–Crippen MR) is 91.1 cm³/mol. The van der Waals surface area contributed by atoms with Gasteiger partial charge < -0.3 is 20.7 Å². The number of urea groups is 1. The van der Waals surface area contributed by atoms with Crippen LogP contribution < -0.4 is 20.7 Å². The Morgan fingerprint density at radius 3 is 2.04 bits per heavy atom. The van der Waals surface area contributed by atoms with Crippen molar-refractivity contribution in [3.05, 3.63) is 48.0 Å². The molecule has 0 saturated carbocycles. The van der Waals surface area contributed by atoms with E-state index in [2.05, 4.69) is 16.0 Å². The van der Waals surface area contributed by atoms with E-state index in [0.717, 1.165) is 11.3 Å². The van der Waals surface area contributed by atoms with Crippen LogP contribution in [-0.4, -0.2) is 19.0 Å². The van der Waals surface area contributed by atoms with Crippen molar-refractivity contribution in [1.29, 1.82) is 0 Å². The molecule has 6 heteroatoms. The number of hydrogen-bond donors (Lipinski definition) is 3. The third kappa shape index (κ3) is 4.74. The monoisotopic (exact) mass is 313 g/mol. The molecule has 6 nitrogen and oxygen atoms in total. The second-order valence-electron chi connectivity index (χ2n) is 5.02. The van der Waals surface area contributed by atoms with Crippen molar-refractivity contribution >= 4 is 29.0 Å². The Bertz CT molecular complexity index is 712.